The van der Waals surface area contributed by atoms with E-state index < -0.39 is 65.1 Å². The first-order chi connectivity index (χ1) is 15.1. The number of rotatable bonds is 3. The summed E-state index contributed by atoms with van der Waals surface area (Å²) in [5.41, 5.74) is -1.36. The van der Waals surface area contributed by atoms with Crippen LogP contribution in [0.5, 0.6) is 28.9 Å². The van der Waals surface area contributed by atoms with Crippen LogP contribution in [0, 0.1) is 0 Å². The smallest absolute Gasteiger partial charge is 0.299 e. The lowest BCUT2D eigenvalue weighted by atomic mass is 10.00. The van der Waals surface area contributed by atoms with Crippen LogP contribution in [0.25, 0.3) is 22.1 Å². The minimum atomic E-state index is -1.72. The molecule has 0 aliphatic carbocycles. The summed E-state index contributed by atoms with van der Waals surface area (Å²) in [5, 5.41) is 69.3. The average molecular weight is 448 g/mol. The minimum absolute atomic E-state index is 0.0253. The third-order valence-corrected chi connectivity index (χ3v) is 5.22. The van der Waals surface area contributed by atoms with E-state index in [2.05, 4.69) is 0 Å². The Balaban J connectivity index is 1.92. The Morgan fingerprint density at radius 2 is 1.59 bits per heavy atom. The highest BCUT2D eigenvalue weighted by Gasteiger charge is 2.44. The molecular formula is C21H20O11. The van der Waals surface area contributed by atoms with Gasteiger partial charge in [-0.05, 0) is 24.6 Å². The first kappa shape index (κ1) is 21.7. The highest BCUT2D eigenvalue weighted by molar-refractivity contribution is 5.89. The van der Waals surface area contributed by atoms with Gasteiger partial charge >= 0.3 is 0 Å². The van der Waals surface area contributed by atoms with Crippen molar-refractivity contribution in [3.05, 3.63) is 40.6 Å². The molecule has 5 unspecified atom stereocenters. The third-order valence-electron chi connectivity index (χ3n) is 5.22. The molecule has 1 aliphatic rings. The average Bonchev–Trinajstić information content (AvgIpc) is 2.72. The lowest BCUT2D eigenvalue weighted by molar-refractivity contribution is -0.270. The number of aromatic hydroxyl groups is 4. The van der Waals surface area contributed by atoms with Gasteiger partial charge in [-0.15, -0.1) is 0 Å². The van der Waals surface area contributed by atoms with Gasteiger partial charge in [0.15, 0.2) is 11.5 Å². The molecule has 170 valence electrons. The third kappa shape index (κ3) is 3.56. The molecule has 2 heterocycles. The summed E-state index contributed by atoms with van der Waals surface area (Å²) in [5.74, 6) is -2.52. The zero-order valence-corrected chi connectivity index (χ0v) is 16.5. The van der Waals surface area contributed by atoms with Crippen LogP contribution in [-0.2, 0) is 4.74 Å². The SMILES string of the molecule is CC1OC(Oc2oc3cc(O)cc(O)c3c(=O)c2-c2ccc(O)c(O)c2)C(O)C(O)C1O. The lowest BCUT2D eigenvalue weighted by Gasteiger charge is -2.38. The Labute approximate surface area is 179 Å². The second kappa shape index (κ2) is 7.88. The van der Waals surface area contributed by atoms with Crippen LogP contribution in [0.3, 0.4) is 0 Å². The number of fused-ring (bicyclic) bond motifs is 1. The van der Waals surface area contributed by atoms with Crippen LogP contribution < -0.4 is 10.2 Å². The van der Waals surface area contributed by atoms with Gasteiger partial charge in [0.1, 0.15) is 46.3 Å². The van der Waals surface area contributed by atoms with Gasteiger partial charge in [0, 0.05) is 12.1 Å². The number of phenolic OH excluding ortho intramolecular Hbond substituents is 4. The van der Waals surface area contributed by atoms with Gasteiger partial charge in [0.05, 0.1) is 6.10 Å². The number of hydrogen-bond acceptors (Lipinski definition) is 11. The molecule has 7 N–H and O–H groups in total. The van der Waals surface area contributed by atoms with E-state index in [-0.39, 0.29) is 22.1 Å². The maximum absolute atomic E-state index is 13.3. The Morgan fingerprint density at radius 3 is 2.28 bits per heavy atom. The molecular weight excluding hydrogens is 428 g/mol. The normalized spacial score (nSPS) is 25.7. The Kier molecular flexibility index (Phi) is 5.34. The summed E-state index contributed by atoms with van der Waals surface area (Å²) in [6.45, 7) is 1.43. The summed E-state index contributed by atoms with van der Waals surface area (Å²) in [7, 11) is 0. The minimum Gasteiger partial charge on any atom is -0.508 e. The van der Waals surface area contributed by atoms with Gasteiger partial charge in [0.2, 0.25) is 11.7 Å². The Bertz CT molecular complexity index is 1230. The number of phenols is 4. The maximum atomic E-state index is 13.3. The van der Waals surface area contributed by atoms with E-state index >= 15 is 0 Å². The van der Waals surface area contributed by atoms with E-state index in [4.69, 9.17) is 13.9 Å². The molecule has 0 spiro atoms. The standard InChI is InChI=1S/C21H20O11/c1-7-16(26)18(28)19(29)21(30-7)32-20-14(8-2-3-10(23)11(24)4-8)17(27)15-12(25)5-9(22)6-13(15)31-20/h2-7,16,18-19,21-26,28-29H,1H3. The van der Waals surface area contributed by atoms with Gasteiger partial charge in [-0.3, -0.25) is 4.79 Å². The second-order valence-electron chi connectivity index (χ2n) is 7.43. The molecule has 1 aliphatic heterocycles. The maximum Gasteiger partial charge on any atom is 0.299 e. The van der Waals surface area contributed by atoms with Gasteiger partial charge in [-0.25, -0.2) is 0 Å². The van der Waals surface area contributed by atoms with Crippen LogP contribution in [0.4, 0.5) is 0 Å². The van der Waals surface area contributed by atoms with Crippen LogP contribution >= 0.6 is 0 Å². The monoisotopic (exact) mass is 448 g/mol. The molecule has 0 bridgehead atoms. The Morgan fingerprint density at radius 1 is 0.875 bits per heavy atom. The summed E-state index contributed by atoms with van der Waals surface area (Å²) in [6.07, 6.45) is -7.25. The summed E-state index contributed by atoms with van der Waals surface area (Å²) in [4.78, 5) is 13.3. The molecule has 11 nitrogen and oxygen atoms in total. The summed E-state index contributed by atoms with van der Waals surface area (Å²) < 4.78 is 16.5. The first-order valence-corrected chi connectivity index (χ1v) is 9.50. The van der Waals surface area contributed by atoms with E-state index in [1.54, 1.807) is 0 Å². The quantitative estimate of drug-likeness (QED) is 0.276. The fourth-order valence-electron chi connectivity index (χ4n) is 3.49. The van der Waals surface area contributed by atoms with E-state index in [1.165, 1.54) is 13.0 Å². The zero-order valence-electron chi connectivity index (χ0n) is 16.5. The highest BCUT2D eigenvalue weighted by Crippen LogP contribution is 2.39. The number of hydrogen-bond donors (Lipinski definition) is 7. The van der Waals surface area contributed by atoms with E-state index in [0.717, 1.165) is 24.3 Å². The van der Waals surface area contributed by atoms with Crippen LogP contribution in [-0.4, -0.2) is 66.5 Å². The largest absolute Gasteiger partial charge is 0.508 e. The van der Waals surface area contributed by atoms with Crippen LogP contribution in [0.15, 0.2) is 39.5 Å². The van der Waals surface area contributed by atoms with E-state index in [9.17, 15) is 40.5 Å². The molecule has 1 fully saturated rings. The molecule has 4 rings (SSSR count). The van der Waals surface area contributed by atoms with Crippen LogP contribution in [0.2, 0.25) is 0 Å². The highest BCUT2D eigenvalue weighted by atomic mass is 16.7. The van der Waals surface area contributed by atoms with Crippen molar-refractivity contribution in [2.45, 2.75) is 37.6 Å². The van der Waals surface area contributed by atoms with E-state index in [1.807, 2.05) is 0 Å². The number of aliphatic hydroxyl groups excluding tert-OH is 3. The number of benzene rings is 2. The molecule has 1 aromatic heterocycles. The topological polar surface area (TPSA) is 190 Å². The second-order valence-corrected chi connectivity index (χ2v) is 7.43. The zero-order chi connectivity index (χ0) is 23.3. The van der Waals surface area contributed by atoms with Crippen molar-refractivity contribution in [1.29, 1.82) is 0 Å². The molecule has 3 aromatic rings. The summed E-state index contributed by atoms with van der Waals surface area (Å²) >= 11 is 0. The van der Waals surface area contributed by atoms with Gasteiger partial charge in [-0.2, -0.15) is 0 Å². The molecule has 5 atom stereocenters. The molecule has 0 saturated carbocycles. The van der Waals surface area contributed by atoms with Crippen LogP contribution in [0.1, 0.15) is 6.92 Å². The predicted molar refractivity (Wildman–Crippen MR) is 108 cm³/mol. The summed E-state index contributed by atoms with van der Waals surface area (Å²) in [6, 6.07) is 5.43. The van der Waals surface area contributed by atoms with Gasteiger partial charge in [0.25, 0.3) is 5.95 Å². The number of ether oxygens (including phenoxy) is 2. The molecule has 0 amide bonds. The molecule has 11 heteroatoms. The molecule has 32 heavy (non-hydrogen) atoms. The fourth-order valence-corrected chi connectivity index (χ4v) is 3.49. The fraction of sp³-hybridized carbons (Fsp3) is 0.286. The Hall–Kier alpha value is -3.51. The van der Waals surface area contributed by atoms with Crippen molar-refractivity contribution in [3.8, 4) is 40.1 Å². The van der Waals surface area contributed by atoms with Gasteiger partial charge < -0.3 is 49.6 Å². The van der Waals surface area contributed by atoms with Crippen molar-refractivity contribution < 1.29 is 49.6 Å². The van der Waals surface area contributed by atoms with Crippen molar-refractivity contribution in [3.63, 3.8) is 0 Å². The molecule has 2 aromatic carbocycles. The predicted octanol–water partition coefficient (Wildman–Crippen LogP) is 0.489. The molecule has 1 saturated heterocycles. The van der Waals surface area contributed by atoms with Crippen molar-refractivity contribution in [2.75, 3.05) is 0 Å². The van der Waals surface area contributed by atoms with Crippen molar-refractivity contribution in [2.24, 2.45) is 0 Å². The number of aliphatic hydroxyl groups is 3. The first-order valence-electron chi connectivity index (χ1n) is 9.50. The van der Waals surface area contributed by atoms with Gasteiger partial charge in [-0.1, -0.05) is 6.07 Å². The van der Waals surface area contributed by atoms with Crippen molar-refractivity contribution in [1.82, 2.24) is 0 Å². The van der Waals surface area contributed by atoms with Crippen molar-refractivity contribution >= 4 is 11.0 Å². The lowest BCUT2D eigenvalue weighted by Crippen LogP contribution is -2.58. The molecule has 0 radical (unpaired) electrons. The van der Waals surface area contributed by atoms with E-state index in [0.29, 0.717) is 0 Å².